The summed E-state index contributed by atoms with van der Waals surface area (Å²) in [5, 5.41) is 3.30. The summed E-state index contributed by atoms with van der Waals surface area (Å²) >= 11 is 0. The van der Waals surface area contributed by atoms with Gasteiger partial charge in [-0.3, -0.25) is 4.79 Å². The van der Waals surface area contributed by atoms with Crippen LogP contribution in [0.2, 0.25) is 0 Å². The van der Waals surface area contributed by atoms with Crippen molar-refractivity contribution in [2.45, 2.75) is 64.1 Å². The van der Waals surface area contributed by atoms with Crippen molar-refractivity contribution in [1.82, 2.24) is 10.2 Å². The van der Waals surface area contributed by atoms with Crippen LogP contribution in [0, 0.1) is 0 Å². The molecule has 5 nitrogen and oxygen atoms in total. The van der Waals surface area contributed by atoms with Crippen LogP contribution in [0.4, 0.5) is 0 Å². The van der Waals surface area contributed by atoms with Crippen LogP contribution in [0.25, 0.3) is 0 Å². The first-order chi connectivity index (χ1) is 9.21. The minimum atomic E-state index is -0.644. The SMILES string of the molecule is COC1(C)CCCN(CCC(C)(NC(C)C)C(N)=O)C1. The standard InChI is InChI=1S/C15H31N3O2/c1-12(2)17-15(4,13(16)19)8-10-18-9-6-7-14(3,11-18)20-5/h12,17H,6-11H2,1-5H3,(H2,16,19). The lowest BCUT2D eigenvalue weighted by Crippen LogP contribution is -2.57. The number of carbonyl (C=O) groups is 1. The van der Waals surface area contributed by atoms with Crippen LogP contribution < -0.4 is 11.1 Å². The summed E-state index contributed by atoms with van der Waals surface area (Å²) < 4.78 is 5.60. The molecular formula is C15H31N3O2. The fourth-order valence-electron chi connectivity index (χ4n) is 2.95. The maximum absolute atomic E-state index is 11.7. The summed E-state index contributed by atoms with van der Waals surface area (Å²) in [4.78, 5) is 14.1. The van der Waals surface area contributed by atoms with Gasteiger partial charge in [-0.1, -0.05) is 0 Å². The Kier molecular flexibility index (Phi) is 5.98. The maximum atomic E-state index is 11.7. The number of hydrogen-bond donors (Lipinski definition) is 2. The Hall–Kier alpha value is -0.650. The molecule has 1 aliphatic rings. The number of primary amides is 1. The molecule has 0 bridgehead atoms. The van der Waals surface area contributed by atoms with E-state index in [9.17, 15) is 4.79 Å². The van der Waals surface area contributed by atoms with Gasteiger partial charge in [0.2, 0.25) is 5.91 Å². The fourth-order valence-corrected chi connectivity index (χ4v) is 2.95. The zero-order chi connectivity index (χ0) is 15.4. The van der Waals surface area contributed by atoms with E-state index in [4.69, 9.17) is 10.5 Å². The van der Waals surface area contributed by atoms with Crippen molar-refractivity contribution in [1.29, 1.82) is 0 Å². The van der Waals surface area contributed by atoms with E-state index >= 15 is 0 Å². The lowest BCUT2D eigenvalue weighted by atomic mass is 9.92. The Labute approximate surface area is 123 Å². The molecule has 0 radical (unpaired) electrons. The van der Waals surface area contributed by atoms with Gasteiger partial charge in [0.05, 0.1) is 11.1 Å². The average Bonchev–Trinajstić information content (AvgIpc) is 2.36. The molecular weight excluding hydrogens is 254 g/mol. The minimum Gasteiger partial charge on any atom is -0.377 e. The first kappa shape index (κ1) is 17.4. The third-order valence-electron chi connectivity index (χ3n) is 4.31. The van der Waals surface area contributed by atoms with Gasteiger partial charge in [0.25, 0.3) is 0 Å². The second-order valence-electron chi connectivity index (χ2n) is 6.78. The van der Waals surface area contributed by atoms with Gasteiger partial charge >= 0.3 is 0 Å². The van der Waals surface area contributed by atoms with Crippen molar-refractivity contribution >= 4 is 5.91 Å². The molecule has 3 N–H and O–H groups in total. The Morgan fingerprint density at radius 1 is 1.55 bits per heavy atom. The molecule has 1 aliphatic heterocycles. The van der Waals surface area contributed by atoms with Crippen LogP contribution in [-0.4, -0.2) is 54.7 Å². The van der Waals surface area contributed by atoms with Gasteiger partial charge in [-0.2, -0.15) is 0 Å². The number of methoxy groups -OCH3 is 1. The highest BCUT2D eigenvalue weighted by atomic mass is 16.5. The molecule has 1 heterocycles. The second-order valence-corrected chi connectivity index (χ2v) is 6.78. The van der Waals surface area contributed by atoms with Crippen LogP contribution >= 0.6 is 0 Å². The van der Waals surface area contributed by atoms with E-state index in [1.165, 1.54) is 0 Å². The Balaban J connectivity index is 2.57. The molecule has 2 unspecified atom stereocenters. The molecule has 1 fully saturated rings. The first-order valence-electron chi connectivity index (χ1n) is 7.56. The summed E-state index contributed by atoms with van der Waals surface area (Å²) in [6.07, 6.45) is 2.95. The number of hydrogen-bond acceptors (Lipinski definition) is 4. The van der Waals surface area contributed by atoms with Crippen molar-refractivity contribution in [2.24, 2.45) is 5.73 Å². The van der Waals surface area contributed by atoms with E-state index in [0.717, 1.165) is 38.9 Å². The molecule has 0 aromatic carbocycles. The van der Waals surface area contributed by atoms with Crippen LogP contribution in [0.15, 0.2) is 0 Å². The summed E-state index contributed by atoms with van der Waals surface area (Å²) in [6, 6.07) is 0.234. The monoisotopic (exact) mass is 285 g/mol. The van der Waals surface area contributed by atoms with Crippen LogP contribution in [0.3, 0.4) is 0 Å². The molecule has 2 atom stereocenters. The number of rotatable bonds is 7. The topological polar surface area (TPSA) is 67.6 Å². The summed E-state index contributed by atoms with van der Waals surface area (Å²) in [7, 11) is 1.78. The van der Waals surface area contributed by atoms with Crippen LogP contribution in [0.1, 0.15) is 47.0 Å². The van der Waals surface area contributed by atoms with Gasteiger partial charge in [0.15, 0.2) is 0 Å². The predicted octanol–water partition coefficient (Wildman–Crippen LogP) is 1.12. The molecule has 1 rings (SSSR count). The molecule has 0 aliphatic carbocycles. The number of nitrogens with zero attached hydrogens (tertiary/aromatic N) is 1. The fraction of sp³-hybridized carbons (Fsp3) is 0.933. The molecule has 118 valence electrons. The normalized spacial score (nSPS) is 27.5. The third kappa shape index (κ3) is 4.72. The molecule has 0 saturated carbocycles. The summed E-state index contributed by atoms with van der Waals surface area (Å²) in [5.74, 6) is -0.280. The van der Waals surface area contributed by atoms with Crippen molar-refractivity contribution in [3.63, 3.8) is 0 Å². The van der Waals surface area contributed by atoms with E-state index in [-0.39, 0.29) is 17.6 Å². The number of amides is 1. The molecule has 5 heteroatoms. The van der Waals surface area contributed by atoms with E-state index < -0.39 is 5.54 Å². The van der Waals surface area contributed by atoms with E-state index in [1.54, 1.807) is 7.11 Å². The van der Waals surface area contributed by atoms with Crippen molar-refractivity contribution in [3.8, 4) is 0 Å². The van der Waals surface area contributed by atoms with Gasteiger partial charge in [0, 0.05) is 26.2 Å². The number of nitrogens with one attached hydrogen (secondary N) is 1. The smallest absolute Gasteiger partial charge is 0.237 e. The Morgan fingerprint density at radius 2 is 2.20 bits per heavy atom. The number of carbonyl (C=O) groups excluding carboxylic acids is 1. The zero-order valence-corrected chi connectivity index (χ0v) is 13.7. The van der Waals surface area contributed by atoms with Gasteiger partial charge in [-0.25, -0.2) is 0 Å². The molecule has 0 aromatic heterocycles. The van der Waals surface area contributed by atoms with Gasteiger partial charge in [-0.15, -0.1) is 0 Å². The molecule has 20 heavy (non-hydrogen) atoms. The van der Waals surface area contributed by atoms with Gasteiger partial charge < -0.3 is 20.7 Å². The van der Waals surface area contributed by atoms with Crippen molar-refractivity contribution in [3.05, 3.63) is 0 Å². The molecule has 1 saturated heterocycles. The average molecular weight is 285 g/mol. The Morgan fingerprint density at radius 3 is 2.70 bits per heavy atom. The second kappa shape index (κ2) is 6.87. The molecule has 1 amide bonds. The summed E-state index contributed by atoms with van der Waals surface area (Å²) in [6.45, 7) is 11.0. The number of likely N-dealkylation sites (tertiary alicyclic amines) is 1. The van der Waals surface area contributed by atoms with Gasteiger partial charge in [-0.05, 0) is 53.5 Å². The minimum absolute atomic E-state index is 0.0626. The largest absolute Gasteiger partial charge is 0.377 e. The van der Waals surface area contributed by atoms with Gasteiger partial charge in [0.1, 0.15) is 0 Å². The van der Waals surface area contributed by atoms with E-state index in [0.29, 0.717) is 0 Å². The lowest BCUT2D eigenvalue weighted by molar-refractivity contribution is -0.124. The van der Waals surface area contributed by atoms with E-state index in [2.05, 4.69) is 17.1 Å². The number of nitrogens with two attached hydrogens (primary N) is 1. The molecule has 0 aromatic rings. The highest BCUT2D eigenvalue weighted by Gasteiger charge is 2.34. The number of ether oxygens (including phenoxy) is 1. The highest BCUT2D eigenvalue weighted by Crippen LogP contribution is 2.24. The van der Waals surface area contributed by atoms with Crippen molar-refractivity contribution < 1.29 is 9.53 Å². The van der Waals surface area contributed by atoms with Crippen LogP contribution in [0.5, 0.6) is 0 Å². The third-order valence-corrected chi connectivity index (χ3v) is 4.31. The zero-order valence-electron chi connectivity index (χ0n) is 13.7. The number of piperidine rings is 1. The van der Waals surface area contributed by atoms with Crippen LogP contribution in [-0.2, 0) is 9.53 Å². The highest BCUT2D eigenvalue weighted by molar-refractivity contribution is 5.84. The molecule has 0 spiro atoms. The first-order valence-corrected chi connectivity index (χ1v) is 7.56. The van der Waals surface area contributed by atoms with Crippen molar-refractivity contribution in [2.75, 3.05) is 26.7 Å². The van der Waals surface area contributed by atoms with E-state index in [1.807, 2.05) is 20.8 Å². The quantitative estimate of drug-likeness (QED) is 0.735. The lowest BCUT2D eigenvalue weighted by Gasteiger charge is -2.41. The maximum Gasteiger partial charge on any atom is 0.237 e. The summed E-state index contributed by atoms with van der Waals surface area (Å²) in [5.41, 5.74) is 4.86. The predicted molar refractivity (Wildman–Crippen MR) is 81.6 cm³/mol. The Bertz CT molecular complexity index is 335.